The smallest absolute Gasteiger partial charge is 0.278 e. The van der Waals surface area contributed by atoms with E-state index >= 15 is 0 Å². The number of hydrogen-bond acceptors (Lipinski definition) is 8. The van der Waals surface area contributed by atoms with Gasteiger partial charge in [0.1, 0.15) is 0 Å². The van der Waals surface area contributed by atoms with E-state index in [1.807, 2.05) is 0 Å². The first kappa shape index (κ1) is 16.6. The lowest BCUT2D eigenvalue weighted by atomic mass is 10.00. The highest BCUT2D eigenvalue weighted by Crippen LogP contribution is 2.36. The van der Waals surface area contributed by atoms with Crippen LogP contribution in [0.3, 0.4) is 0 Å². The Balaban J connectivity index is 1.73. The molecule has 0 aliphatic carbocycles. The molecule has 2 aromatic rings. The number of pyridine rings is 1. The van der Waals surface area contributed by atoms with Gasteiger partial charge in [0.25, 0.3) is 17.7 Å². The van der Waals surface area contributed by atoms with Crippen molar-refractivity contribution in [1.29, 1.82) is 0 Å². The number of nitrogens with zero attached hydrogens (tertiary/aromatic N) is 4. The zero-order valence-electron chi connectivity index (χ0n) is 14.6. The Morgan fingerprint density at radius 1 is 1.12 bits per heavy atom. The van der Waals surface area contributed by atoms with Gasteiger partial charge in [-0.2, -0.15) is 4.98 Å². The molecule has 4 rings (SSSR count). The van der Waals surface area contributed by atoms with Crippen molar-refractivity contribution < 1.29 is 18.8 Å². The number of carbonyl (C=O) groups is 2. The summed E-state index contributed by atoms with van der Waals surface area (Å²) in [5.41, 5.74) is 7.38. The van der Waals surface area contributed by atoms with E-state index < -0.39 is 5.91 Å². The normalized spacial score (nSPS) is 17.8. The molecule has 2 amide bonds. The van der Waals surface area contributed by atoms with Crippen molar-refractivity contribution in [2.75, 3.05) is 25.5 Å². The number of ether oxygens (including phenoxy) is 1. The topological polar surface area (TPSA) is 124 Å². The number of amides is 2. The molecule has 2 aromatic heterocycles. The van der Waals surface area contributed by atoms with Crippen LogP contribution < -0.4 is 5.73 Å². The van der Waals surface area contributed by atoms with Crippen LogP contribution in [0.5, 0.6) is 0 Å². The summed E-state index contributed by atoms with van der Waals surface area (Å²) in [5.74, 6) is 0.0638. The van der Waals surface area contributed by atoms with Crippen LogP contribution in [-0.4, -0.2) is 51.6 Å². The molecule has 0 radical (unpaired) electrons. The summed E-state index contributed by atoms with van der Waals surface area (Å²) in [4.78, 5) is 35.5. The number of nitrogen functional groups attached to an aromatic ring is 1. The lowest BCUT2D eigenvalue weighted by Crippen LogP contribution is -2.36. The Bertz CT molecular complexity index is 901. The molecule has 0 unspecified atom stereocenters. The summed E-state index contributed by atoms with van der Waals surface area (Å²) in [6.07, 6.45) is 1.65. The molecule has 1 saturated heterocycles. The number of aromatic nitrogens is 3. The fourth-order valence-electron chi connectivity index (χ4n) is 3.47. The second-order valence-corrected chi connectivity index (χ2v) is 6.63. The number of anilines is 1. The van der Waals surface area contributed by atoms with Crippen LogP contribution in [0.15, 0.2) is 4.52 Å². The quantitative estimate of drug-likeness (QED) is 0.816. The summed E-state index contributed by atoms with van der Waals surface area (Å²) in [5, 5.41) is 3.73. The predicted molar refractivity (Wildman–Crippen MR) is 90.3 cm³/mol. The van der Waals surface area contributed by atoms with Gasteiger partial charge in [0.2, 0.25) is 0 Å². The van der Waals surface area contributed by atoms with Crippen molar-refractivity contribution >= 4 is 17.5 Å². The largest absolute Gasteiger partial charge is 0.396 e. The summed E-state index contributed by atoms with van der Waals surface area (Å²) in [7, 11) is 0. The van der Waals surface area contributed by atoms with Gasteiger partial charge in [0.15, 0.2) is 11.5 Å². The van der Waals surface area contributed by atoms with Crippen LogP contribution in [-0.2, 0) is 4.74 Å². The third kappa shape index (κ3) is 2.55. The number of carbonyl (C=O) groups excluding carboxylic acids is 2. The fourth-order valence-corrected chi connectivity index (χ4v) is 3.47. The molecule has 136 valence electrons. The van der Waals surface area contributed by atoms with Crippen LogP contribution in [0, 0.1) is 19.8 Å². The minimum Gasteiger partial charge on any atom is -0.396 e. The van der Waals surface area contributed by atoms with Crippen molar-refractivity contribution in [3.8, 4) is 11.6 Å². The summed E-state index contributed by atoms with van der Waals surface area (Å²) < 4.78 is 10.5. The van der Waals surface area contributed by atoms with Gasteiger partial charge >= 0.3 is 0 Å². The highest BCUT2D eigenvalue weighted by atomic mass is 16.5. The first-order valence-electron chi connectivity index (χ1n) is 8.52. The SMILES string of the molecule is Cc1noc(-c2nc(C)c3c(c2N)C(=O)N(CC2CCOCC2)C3=O)n1. The second-order valence-electron chi connectivity index (χ2n) is 6.63. The number of fused-ring (bicyclic) bond motifs is 1. The highest BCUT2D eigenvalue weighted by molar-refractivity contribution is 6.24. The number of nitrogens with two attached hydrogens (primary N) is 1. The lowest BCUT2D eigenvalue weighted by Gasteiger charge is -2.25. The maximum Gasteiger partial charge on any atom is 0.278 e. The molecule has 2 N–H and O–H groups in total. The maximum atomic E-state index is 12.9. The van der Waals surface area contributed by atoms with Crippen molar-refractivity contribution in [3.63, 3.8) is 0 Å². The van der Waals surface area contributed by atoms with Crippen LogP contribution >= 0.6 is 0 Å². The molecule has 0 spiro atoms. The minimum absolute atomic E-state index is 0.0991. The van der Waals surface area contributed by atoms with E-state index in [4.69, 9.17) is 15.0 Å². The standard InChI is InChI=1S/C17H19N5O4/c1-8-11-12(13(18)14(19-8)15-20-9(2)21-26-15)17(24)22(16(11)23)7-10-3-5-25-6-4-10/h10H,3-7,18H2,1-2H3. The Labute approximate surface area is 149 Å². The molecule has 0 atom stereocenters. The summed E-state index contributed by atoms with van der Waals surface area (Å²) in [6.45, 7) is 5.01. The third-order valence-corrected chi connectivity index (χ3v) is 4.85. The Morgan fingerprint density at radius 2 is 1.81 bits per heavy atom. The molecular weight excluding hydrogens is 338 g/mol. The number of hydrogen-bond donors (Lipinski definition) is 1. The third-order valence-electron chi connectivity index (χ3n) is 4.85. The fraction of sp³-hybridized carbons (Fsp3) is 0.471. The van der Waals surface area contributed by atoms with Crippen molar-refractivity contribution in [2.24, 2.45) is 5.92 Å². The van der Waals surface area contributed by atoms with Gasteiger partial charge < -0.3 is 15.0 Å². The van der Waals surface area contributed by atoms with Gasteiger partial charge in [0.05, 0.1) is 22.5 Å². The van der Waals surface area contributed by atoms with E-state index in [9.17, 15) is 9.59 Å². The molecule has 1 fully saturated rings. The molecule has 0 saturated carbocycles. The number of imide groups is 1. The summed E-state index contributed by atoms with van der Waals surface area (Å²) >= 11 is 0. The predicted octanol–water partition coefficient (Wildman–Crippen LogP) is 1.35. The molecule has 0 aromatic carbocycles. The average Bonchev–Trinajstić information content (AvgIpc) is 3.16. The van der Waals surface area contributed by atoms with Gasteiger partial charge in [-0.1, -0.05) is 5.16 Å². The zero-order valence-corrected chi connectivity index (χ0v) is 14.6. The lowest BCUT2D eigenvalue weighted by molar-refractivity contribution is 0.0434. The molecule has 26 heavy (non-hydrogen) atoms. The van der Waals surface area contributed by atoms with Crippen molar-refractivity contribution in [2.45, 2.75) is 26.7 Å². The average molecular weight is 357 g/mol. The molecule has 4 heterocycles. The molecular formula is C17H19N5O4. The van der Waals surface area contributed by atoms with E-state index in [1.165, 1.54) is 4.90 Å². The first-order valence-corrected chi connectivity index (χ1v) is 8.52. The van der Waals surface area contributed by atoms with Crippen LogP contribution in [0.25, 0.3) is 11.6 Å². The monoisotopic (exact) mass is 357 g/mol. The van der Waals surface area contributed by atoms with E-state index in [1.54, 1.807) is 13.8 Å². The first-order chi connectivity index (χ1) is 12.5. The van der Waals surface area contributed by atoms with E-state index in [-0.39, 0.29) is 40.2 Å². The molecule has 9 nitrogen and oxygen atoms in total. The van der Waals surface area contributed by atoms with E-state index in [0.29, 0.717) is 31.3 Å². The number of aryl methyl sites for hydroxylation is 2. The van der Waals surface area contributed by atoms with Crippen LogP contribution in [0.1, 0.15) is 45.1 Å². The van der Waals surface area contributed by atoms with Crippen LogP contribution in [0.4, 0.5) is 5.69 Å². The molecule has 2 aliphatic heterocycles. The van der Waals surface area contributed by atoms with Gasteiger partial charge in [0, 0.05) is 19.8 Å². The Morgan fingerprint density at radius 3 is 2.46 bits per heavy atom. The highest BCUT2D eigenvalue weighted by Gasteiger charge is 2.41. The Hall–Kier alpha value is -2.81. The van der Waals surface area contributed by atoms with Crippen molar-refractivity contribution in [1.82, 2.24) is 20.0 Å². The zero-order chi connectivity index (χ0) is 18.4. The maximum absolute atomic E-state index is 12.9. The molecule has 2 aliphatic rings. The van der Waals surface area contributed by atoms with Crippen LogP contribution in [0.2, 0.25) is 0 Å². The van der Waals surface area contributed by atoms with Gasteiger partial charge in [-0.15, -0.1) is 0 Å². The number of rotatable bonds is 3. The summed E-state index contributed by atoms with van der Waals surface area (Å²) in [6, 6.07) is 0. The molecule has 9 heteroatoms. The van der Waals surface area contributed by atoms with Gasteiger partial charge in [-0.3, -0.25) is 14.5 Å². The minimum atomic E-state index is -0.392. The van der Waals surface area contributed by atoms with Crippen molar-refractivity contribution in [3.05, 3.63) is 22.6 Å². The van der Waals surface area contributed by atoms with E-state index in [0.717, 1.165) is 12.8 Å². The van der Waals surface area contributed by atoms with Gasteiger partial charge in [-0.05, 0) is 32.6 Å². The second kappa shape index (κ2) is 6.17. The van der Waals surface area contributed by atoms with E-state index in [2.05, 4.69) is 15.1 Å². The van der Waals surface area contributed by atoms with Gasteiger partial charge in [-0.25, -0.2) is 4.98 Å². The molecule has 0 bridgehead atoms. The Kier molecular flexibility index (Phi) is 3.95.